The molecular formula is C18H26N2O2. The summed E-state index contributed by atoms with van der Waals surface area (Å²) in [5.41, 5.74) is 0. The fourth-order valence-electron chi connectivity index (χ4n) is 3.08. The van der Waals surface area contributed by atoms with Gasteiger partial charge >= 0.3 is 0 Å². The quantitative estimate of drug-likeness (QED) is 0.782. The number of likely N-dealkylation sites (tertiary alicyclic amines) is 1. The van der Waals surface area contributed by atoms with E-state index < -0.39 is 0 Å². The summed E-state index contributed by atoms with van der Waals surface area (Å²) in [6, 6.07) is 8.22. The van der Waals surface area contributed by atoms with Gasteiger partial charge in [0.05, 0.1) is 13.1 Å². The molecule has 0 atom stereocenters. The first-order valence-electron chi connectivity index (χ1n) is 8.24. The number of hydrogen-bond acceptors (Lipinski definition) is 4. The van der Waals surface area contributed by atoms with Gasteiger partial charge in [0.15, 0.2) is 0 Å². The van der Waals surface area contributed by atoms with Crippen molar-refractivity contribution < 1.29 is 8.83 Å². The van der Waals surface area contributed by atoms with Crippen molar-refractivity contribution >= 4 is 0 Å². The molecule has 22 heavy (non-hydrogen) atoms. The lowest BCUT2D eigenvalue weighted by Crippen LogP contribution is -2.33. The second-order valence-electron chi connectivity index (χ2n) is 6.28. The van der Waals surface area contributed by atoms with Crippen LogP contribution in [0.15, 0.2) is 33.1 Å². The molecule has 0 bridgehead atoms. The van der Waals surface area contributed by atoms with E-state index >= 15 is 0 Å². The molecule has 0 aliphatic carbocycles. The molecular weight excluding hydrogens is 276 g/mol. The predicted molar refractivity (Wildman–Crippen MR) is 86.7 cm³/mol. The van der Waals surface area contributed by atoms with Gasteiger partial charge in [0.1, 0.15) is 23.0 Å². The lowest BCUT2D eigenvalue weighted by molar-refractivity contribution is 0.186. The fourth-order valence-corrected chi connectivity index (χ4v) is 3.08. The van der Waals surface area contributed by atoms with Gasteiger partial charge in [-0.05, 0) is 64.0 Å². The molecule has 4 heteroatoms. The van der Waals surface area contributed by atoms with Crippen molar-refractivity contribution in [1.29, 1.82) is 0 Å². The van der Waals surface area contributed by atoms with Crippen LogP contribution in [0.5, 0.6) is 0 Å². The number of nitrogens with zero attached hydrogens (tertiary/aromatic N) is 2. The Bertz CT molecular complexity index is 539. The molecule has 0 radical (unpaired) electrons. The van der Waals surface area contributed by atoms with Crippen LogP contribution in [0.4, 0.5) is 0 Å². The summed E-state index contributed by atoms with van der Waals surface area (Å²) < 4.78 is 11.5. The number of rotatable bonds is 7. The first-order valence-corrected chi connectivity index (χ1v) is 8.24. The largest absolute Gasteiger partial charge is 0.465 e. The van der Waals surface area contributed by atoms with E-state index in [1.54, 1.807) is 0 Å². The lowest BCUT2D eigenvalue weighted by Gasteiger charge is -2.23. The zero-order chi connectivity index (χ0) is 15.4. The molecule has 0 saturated carbocycles. The number of hydrogen-bond donors (Lipinski definition) is 0. The molecule has 0 spiro atoms. The summed E-state index contributed by atoms with van der Waals surface area (Å²) in [5.74, 6) is 4.01. The third-order valence-corrected chi connectivity index (χ3v) is 4.28. The van der Waals surface area contributed by atoms with Gasteiger partial charge in [0.25, 0.3) is 0 Å². The maximum atomic E-state index is 5.74. The molecule has 3 heterocycles. The SMILES string of the molecule is Cc1ccc(CN(CCN2CCCC2)Cc2ccc(C)o2)o1. The van der Waals surface area contributed by atoms with Crippen molar-refractivity contribution in [3.8, 4) is 0 Å². The predicted octanol–water partition coefficient (Wildman–Crippen LogP) is 3.59. The standard InChI is InChI=1S/C18H26N2O2/c1-15-5-7-17(21-15)13-20(12-11-19-9-3-4-10-19)14-18-8-6-16(2)22-18/h5-8H,3-4,9-14H2,1-2H3. The summed E-state index contributed by atoms with van der Waals surface area (Å²) in [5, 5.41) is 0. The van der Waals surface area contributed by atoms with E-state index in [1.165, 1.54) is 25.9 Å². The molecule has 0 amide bonds. The van der Waals surface area contributed by atoms with E-state index in [0.29, 0.717) is 0 Å². The third kappa shape index (κ3) is 4.24. The van der Waals surface area contributed by atoms with Crippen molar-refractivity contribution in [3.63, 3.8) is 0 Å². The highest BCUT2D eigenvalue weighted by atomic mass is 16.3. The van der Waals surface area contributed by atoms with E-state index in [2.05, 4.69) is 21.9 Å². The third-order valence-electron chi connectivity index (χ3n) is 4.28. The number of aryl methyl sites for hydroxylation is 2. The van der Waals surface area contributed by atoms with Gasteiger partial charge in [-0.1, -0.05) is 0 Å². The monoisotopic (exact) mass is 302 g/mol. The van der Waals surface area contributed by atoms with E-state index in [9.17, 15) is 0 Å². The first-order chi connectivity index (χ1) is 10.7. The maximum Gasteiger partial charge on any atom is 0.118 e. The van der Waals surface area contributed by atoms with E-state index in [4.69, 9.17) is 8.83 Å². The minimum Gasteiger partial charge on any atom is -0.465 e. The fraction of sp³-hybridized carbons (Fsp3) is 0.556. The van der Waals surface area contributed by atoms with Crippen molar-refractivity contribution in [2.75, 3.05) is 26.2 Å². The van der Waals surface area contributed by atoms with Crippen molar-refractivity contribution in [2.24, 2.45) is 0 Å². The Hall–Kier alpha value is -1.52. The molecule has 120 valence electrons. The molecule has 1 saturated heterocycles. The lowest BCUT2D eigenvalue weighted by atomic mass is 10.3. The Kier molecular flexibility index (Phi) is 5.01. The zero-order valence-corrected chi connectivity index (χ0v) is 13.7. The van der Waals surface area contributed by atoms with Crippen LogP contribution in [0, 0.1) is 13.8 Å². The zero-order valence-electron chi connectivity index (χ0n) is 13.7. The van der Waals surface area contributed by atoms with Crippen LogP contribution in [0.25, 0.3) is 0 Å². The molecule has 2 aromatic heterocycles. The van der Waals surface area contributed by atoms with E-state index in [0.717, 1.165) is 49.2 Å². The molecule has 0 aromatic carbocycles. The number of furan rings is 2. The van der Waals surface area contributed by atoms with E-state index in [-0.39, 0.29) is 0 Å². The molecule has 2 aromatic rings. The Labute approximate surface area is 132 Å². The highest BCUT2D eigenvalue weighted by molar-refractivity contribution is 5.07. The average Bonchev–Trinajstić information content (AvgIpc) is 3.20. The van der Waals surface area contributed by atoms with Crippen molar-refractivity contribution in [3.05, 3.63) is 47.3 Å². The van der Waals surface area contributed by atoms with Crippen molar-refractivity contribution in [2.45, 2.75) is 39.8 Å². The van der Waals surface area contributed by atoms with Gasteiger partial charge in [-0.2, -0.15) is 0 Å². The van der Waals surface area contributed by atoms with Gasteiger partial charge in [0.2, 0.25) is 0 Å². The minimum atomic E-state index is 0.835. The average molecular weight is 302 g/mol. The van der Waals surface area contributed by atoms with Crippen molar-refractivity contribution in [1.82, 2.24) is 9.80 Å². The summed E-state index contributed by atoms with van der Waals surface area (Å²) >= 11 is 0. The first kappa shape index (κ1) is 15.4. The van der Waals surface area contributed by atoms with Crippen LogP contribution in [0.2, 0.25) is 0 Å². The topological polar surface area (TPSA) is 32.8 Å². The Morgan fingerprint density at radius 3 is 1.91 bits per heavy atom. The Morgan fingerprint density at radius 2 is 1.45 bits per heavy atom. The molecule has 4 nitrogen and oxygen atoms in total. The summed E-state index contributed by atoms with van der Waals surface area (Å²) in [4.78, 5) is 4.96. The normalized spacial score (nSPS) is 16.0. The molecule has 1 aliphatic heterocycles. The molecule has 1 fully saturated rings. The van der Waals surface area contributed by atoms with Gasteiger partial charge in [-0.25, -0.2) is 0 Å². The molecule has 0 unspecified atom stereocenters. The highest BCUT2D eigenvalue weighted by Crippen LogP contribution is 2.15. The van der Waals surface area contributed by atoms with Crippen LogP contribution in [-0.4, -0.2) is 36.0 Å². The molecule has 3 rings (SSSR count). The second-order valence-corrected chi connectivity index (χ2v) is 6.28. The summed E-state index contributed by atoms with van der Waals surface area (Å²) in [7, 11) is 0. The Morgan fingerprint density at radius 1 is 0.909 bits per heavy atom. The smallest absolute Gasteiger partial charge is 0.118 e. The minimum absolute atomic E-state index is 0.835. The van der Waals surface area contributed by atoms with Crippen LogP contribution in [-0.2, 0) is 13.1 Å². The maximum absolute atomic E-state index is 5.74. The van der Waals surface area contributed by atoms with Gasteiger partial charge in [-0.15, -0.1) is 0 Å². The molecule has 0 N–H and O–H groups in total. The summed E-state index contributed by atoms with van der Waals surface area (Å²) in [6.07, 6.45) is 2.68. The second kappa shape index (κ2) is 7.16. The van der Waals surface area contributed by atoms with Crippen LogP contribution in [0.3, 0.4) is 0 Å². The van der Waals surface area contributed by atoms with E-state index in [1.807, 2.05) is 26.0 Å². The van der Waals surface area contributed by atoms with Gasteiger partial charge in [-0.3, -0.25) is 4.90 Å². The van der Waals surface area contributed by atoms with Crippen LogP contribution >= 0.6 is 0 Å². The Balaban J connectivity index is 1.60. The van der Waals surface area contributed by atoms with Crippen LogP contribution in [0.1, 0.15) is 35.9 Å². The molecule has 1 aliphatic rings. The van der Waals surface area contributed by atoms with Crippen LogP contribution < -0.4 is 0 Å². The highest BCUT2D eigenvalue weighted by Gasteiger charge is 2.16. The van der Waals surface area contributed by atoms with Gasteiger partial charge in [0, 0.05) is 13.1 Å². The summed E-state index contributed by atoms with van der Waals surface area (Å²) in [6.45, 7) is 10.3. The van der Waals surface area contributed by atoms with Gasteiger partial charge < -0.3 is 13.7 Å².